The number of benzene rings is 1. The van der Waals surface area contributed by atoms with Crippen molar-refractivity contribution >= 4 is 34.0 Å². The molecule has 178 valence electrons. The molecule has 36 heavy (non-hydrogen) atoms. The molecule has 0 radical (unpaired) electrons. The number of aliphatic imine (C=N–C) groups is 1. The minimum atomic E-state index is -0.115. The lowest BCUT2D eigenvalue weighted by Gasteiger charge is -2.18. The summed E-state index contributed by atoms with van der Waals surface area (Å²) in [5.74, 6) is 0.501. The number of carbonyl (C=O) groups excluding carboxylic acids is 1. The highest BCUT2D eigenvalue weighted by molar-refractivity contribution is 6.16. The van der Waals surface area contributed by atoms with E-state index in [1.807, 2.05) is 38.1 Å². The molecule has 1 aliphatic rings. The van der Waals surface area contributed by atoms with Gasteiger partial charge in [0.25, 0.3) is 0 Å². The zero-order valence-corrected chi connectivity index (χ0v) is 19.7. The summed E-state index contributed by atoms with van der Waals surface area (Å²) in [6.45, 7) is 4.16. The molecule has 0 bridgehead atoms. The normalized spacial score (nSPS) is 12.8. The summed E-state index contributed by atoms with van der Waals surface area (Å²) in [5, 5.41) is 6.25. The summed E-state index contributed by atoms with van der Waals surface area (Å²) >= 11 is 0. The smallest absolute Gasteiger partial charge is 0.226 e. The van der Waals surface area contributed by atoms with Gasteiger partial charge in [0.2, 0.25) is 5.91 Å². The van der Waals surface area contributed by atoms with Crippen LogP contribution in [0.4, 0.5) is 11.4 Å². The third kappa shape index (κ3) is 3.90. The number of nitrogens with zero attached hydrogens (tertiary/aromatic N) is 4. The monoisotopic (exact) mass is 477 g/mol. The Kier molecular flexibility index (Phi) is 5.29. The molecule has 3 N–H and O–H groups in total. The molecule has 0 aliphatic carbocycles. The van der Waals surface area contributed by atoms with E-state index in [1.165, 1.54) is 0 Å². The molecule has 4 aromatic heterocycles. The fourth-order valence-electron chi connectivity index (χ4n) is 4.19. The highest BCUT2D eigenvalue weighted by Gasteiger charge is 2.21. The Morgan fingerprint density at radius 2 is 1.89 bits per heavy atom. The molecule has 9 nitrogen and oxygen atoms in total. The maximum atomic E-state index is 12.1. The lowest BCUT2D eigenvalue weighted by atomic mass is 9.98. The van der Waals surface area contributed by atoms with Crippen molar-refractivity contribution in [1.29, 1.82) is 0 Å². The molecule has 6 rings (SSSR count). The van der Waals surface area contributed by atoms with Crippen LogP contribution in [-0.2, 0) is 4.79 Å². The molecule has 0 saturated carbocycles. The number of aromatic amines is 1. The minimum Gasteiger partial charge on any atom is -0.472 e. The van der Waals surface area contributed by atoms with Gasteiger partial charge in [-0.1, -0.05) is 19.9 Å². The number of anilines is 2. The largest absolute Gasteiger partial charge is 0.472 e. The molecule has 9 heteroatoms. The van der Waals surface area contributed by atoms with Crippen LogP contribution in [0.2, 0.25) is 0 Å². The van der Waals surface area contributed by atoms with Gasteiger partial charge in [0.15, 0.2) is 5.82 Å². The van der Waals surface area contributed by atoms with Gasteiger partial charge < -0.3 is 20.0 Å². The van der Waals surface area contributed by atoms with E-state index >= 15 is 0 Å². The predicted molar refractivity (Wildman–Crippen MR) is 139 cm³/mol. The lowest BCUT2D eigenvalue weighted by Crippen LogP contribution is -2.18. The molecular formula is C27H23N7O2. The van der Waals surface area contributed by atoms with Gasteiger partial charge in [-0.15, -0.1) is 0 Å². The van der Waals surface area contributed by atoms with Gasteiger partial charge in [-0.2, -0.15) is 0 Å². The van der Waals surface area contributed by atoms with E-state index in [2.05, 4.69) is 31.7 Å². The zero-order valence-electron chi connectivity index (χ0n) is 19.7. The fourth-order valence-corrected chi connectivity index (χ4v) is 4.19. The number of carbonyl (C=O) groups is 1. The van der Waals surface area contributed by atoms with Crippen LogP contribution in [0.25, 0.3) is 33.3 Å². The Labute approximate surface area is 206 Å². The SMILES string of the molecule is CC(C)C(=O)Nc1cncc(-c2ccc3c(c2)C(c2nc4c(-c5ccoc5)cncc4[nH]2)=NCN3)c1. The first-order chi connectivity index (χ1) is 17.6. The number of furan rings is 1. The number of nitrogens with one attached hydrogen (secondary N) is 3. The molecular weight excluding hydrogens is 454 g/mol. The van der Waals surface area contributed by atoms with Gasteiger partial charge in [0, 0.05) is 46.3 Å². The summed E-state index contributed by atoms with van der Waals surface area (Å²) in [4.78, 5) is 33.9. The Hall–Kier alpha value is -4.79. The van der Waals surface area contributed by atoms with E-state index in [4.69, 9.17) is 14.4 Å². The summed E-state index contributed by atoms with van der Waals surface area (Å²) in [6, 6.07) is 9.93. The first-order valence-electron chi connectivity index (χ1n) is 11.6. The number of hydrogen-bond donors (Lipinski definition) is 3. The summed E-state index contributed by atoms with van der Waals surface area (Å²) < 4.78 is 5.26. The van der Waals surface area contributed by atoms with Crippen molar-refractivity contribution in [2.75, 3.05) is 17.3 Å². The average molecular weight is 478 g/mol. The van der Waals surface area contributed by atoms with Crippen LogP contribution < -0.4 is 10.6 Å². The number of hydrogen-bond acceptors (Lipinski definition) is 7. The number of pyridine rings is 2. The van der Waals surface area contributed by atoms with Gasteiger partial charge in [0.05, 0.1) is 36.1 Å². The van der Waals surface area contributed by atoms with Crippen LogP contribution in [0, 0.1) is 5.92 Å². The number of aromatic nitrogens is 4. The molecule has 5 aromatic rings. The standard InChI is InChI=1S/C27H23N7O2/c1-15(2)27(35)32-19-7-18(9-28-10-19)16-3-4-22-20(8-16)25(31-14-30-22)26-33-23-12-29-11-21(24(23)34-26)17-5-6-36-13-17/h3-13,15,30H,14H2,1-2H3,(H,32,35)(H,33,34). The van der Waals surface area contributed by atoms with E-state index in [-0.39, 0.29) is 11.8 Å². The first-order valence-corrected chi connectivity index (χ1v) is 11.6. The van der Waals surface area contributed by atoms with E-state index in [1.54, 1.807) is 37.3 Å². The second-order valence-corrected chi connectivity index (χ2v) is 8.89. The van der Waals surface area contributed by atoms with E-state index in [0.29, 0.717) is 18.2 Å². The summed E-state index contributed by atoms with van der Waals surface area (Å²) in [6.07, 6.45) is 10.3. The third-order valence-corrected chi connectivity index (χ3v) is 6.10. The molecule has 5 heterocycles. The molecule has 0 saturated heterocycles. The number of H-pyrrole nitrogens is 1. The second kappa shape index (κ2) is 8.77. The van der Waals surface area contributed by atoms with Crippen molar-refractivity contribution in [3.8, 4) is 22.3 Å². The Morgan fingerprint density at radius 3 is 2.72 bits per heavy atom. The van der Waals surface area contributed by atoms with Crippen molar-refractivity contribution in [2.45, 2.75) is 13.8 Å². The van der Waals surface area contributed by atoms with Gasteiger partial charge in [0.1, 0.15) is 17.9 Å². The minimum absolute atomic E-state index is 0.0489. The van der Waals surface area contributed by atoms with Crippen molar-refractivity contribution in [2.24, 2.45) is 10.9 Å². The summed E-state index contributed by atoms with van der Waals surface area (Å²) in [5.41, 5.74) is 8.58. The molecule has 0 unspecified atom stereocenters. The fraction of sp³-hybridized carbons (Fsp3) is 0.148. The van der Waals surface area contributed by atoms with E-state index in [9.17, 15) is 4.79 Å². The van der Waals surface area contributed by atoms with Gasteiger partial charge in [-0.3, -0.25) is 19.8 Å². The maximum Gasteiger partial charge on any atom is 0.226 e. The third-order valence-electron chi connectivity index (χ3n) is 6.10. The number of fused-ring (bicyclic) bond motifs is 2. The van der Waals surface area contributed by atoms with Crippen molar-refractivity contribution < 1.29 is 9.21 Å². The van der Waals surface area contributed by atoms with Crippen LogP contribution in [-0.4, -0.2) is 38.2 Å². The molecule has 0 spiro atoms. The van der Waals surface area contributed by atoms with Crippen LogP contribution in [0.15, 0.2) is 77.1 Å². The van der Waals surface area contributed by atoms with Crippen molar-refractivity contribution in [3.63, 3.8) is 0 Å². The van der Waals surface area contributed by atoms with Crippen molar-refractivity contribution in [1.82, 2.24) is 19.9 Å². The van der Waals surface area contributed by atoms with Crippen LogP contribution in [0.1, 0.15) is 25.2 Å². The lowest BCUT2D eigenvalue weighted by molar-refractivity contribution is -0.118. The molecule has 1 amide bonds. The van der Waals surface area contributed by atoms with Crippen molar-refractivity contribution in [3.05, 3.63) is 79.0 Å². The first kappa shape index (κ1) is 21.7. The molecule has 0 atom stereocenters. The van der Waals surface area contributed by atoms with Gasteiger partial charge in [-0.25, -0.2) is 4.98 Å². The van der Waals surface area contributed by atoms with E-state index < -0.39 is 0 Å². The maximum absolute atomic E-state index is 12.1. The zero-order chi connectivity index (χ0) is 24.6. The second-order valence-electron chi connectivity index (χ2n) is 8.89. The van der Waals surface area contributed by atoms with Crippen LogP contribution in [0.3, 0.4) is 0 Å². The quantitative estimate of drug-likeness (QED) is 0.324. The Morgan fingerprint density at radius 1 is 1.00 bits per heavy atom. The van der Waals surface area contributed by atoms with Gasteiger partial charge in [-0.05, 0) is 29.8 Å². The Balaban J connectivity index is 1.39. The topological polar surface area (TPSA) is 121 Å². The number of amides is 1. The predicted octanol–water partition coefficient (Wildman–Crippen LogP) is 5.09. The molecule has 1 aromatic carbocycles. The van der Waals surface area contributed by atoms with E-state index in [0.717, 1.165) is 50.2 Å². The Bertz CT molecular complexity index is 1620. The van der Waals surface area contributed by atoms with Gasteiger partial charge >= 0.3 is 0 Å². The average Bonchev–Trinajstić information content (AvgIpc) is 3.58. The molecule has 0 fully saturated rings. The number of imidazole rings is 1. The summed E-state index contributed by atoms with van der Waals surface area (Å²) in [7, 11) is 0. The highest BCUT2D eigenvalue weighted by Crippen LogP contribution is 2.32. The number of rotatable bonds is 5. The molecule has 1 aliphatic heterocycles. The highest BCUT2D eigenvalue weighted by atomic mass is 16.3. The van der Waals surface area contributed by atoms with Crippen LogP contribution in [0.5, 0.6) is 0 Å². The van der Waals surface area contributed by atoms with Crippen LogP contribution >= 0.6 is 0 Å².